The third-order valence-corrected chi connectivity index (χ3v) is 5.04. The van der Waals surface area contributed by atoms with Crippen LogP contribution >= 0.6 is 0 Å². The first-order chi connectivity index (χ1) is 15.0. The fraction of sp³-hybridized carbons (Fsp3) is 0.120. The molecule has 0 bridgehead atoms. The van der Waals surface area contributed by atoms with Crippen molar-refractivity contribution in [1.82, 2.24) is 9.94 Å². The number of hydrogen-bond acceptors (Lipinski definition) is 4. The number of benzene rings is 3. The molecule has 0 spiro atoms. The number of nitrogens with zero attached hydrogens (tertiary/aromatic N) is 2. The average molecular weight is 413 g/mol. The molecule has 0 radical (unpaired) electrons. The molecule has 1 amide bonds. The number of nitrogens with two attached hydrogens (primary N) is 1. The SMILES string of the molecule is COc1ccc(-c2c(Cc3ccccc3)c(-c3ccc(C)cc3)nn2OC(N)=O)cc1. The zero-order valence-corrected chi connectivity index (χ0v) is 17.4. The Kier molecular flexibility index (Phi) is 5.71. The molecule has 4 rings (SSSR count). The third-order valence-electron chi connectivity index (χ3n) is 5.04. The Bertz CT molecular complexity index is 1180. The lowest BCUT2D eigenvalue weighted by Crippen LogP contribution is -2.27. The van der Waals surface area contributed by atoms with Gasteiger partial charge in [0.05, 0.1) is 7.11 Å². The van der Waals surface area contributed by atoms with E-state index in [0.717, 1.165) is 39.3 Å². The molecular formula is C25H23N3O3. The Morgan fingerprint density at radius 1 is 0.935 bits per heavy atom. The molecule has 0 aliphatic rings. The highest BCUT2D eigenvalue weighted by molar-refractivity contribution is 5.76. The fourth-order valence-electron chi connectivity index (χ4n) is 3.52. The summed E-state index contributed by atoms with van der Waals surface area (Å²) in [4.78, 5) is 18.1. The molecule has 31 heavy (non-hydrogen) atoms. The normalized spacial score (nSPS) is 10.6. The second-order valence-electron chi connectivity index (χ2n) is 7.22. The minimum absolute atomic E-state index is 0.605. The van der Waals surface area contributed by atoms with E-state index in [1.165, 1.54) is 4.85 Å². The van der Waals surface area contributed by atoms with Crippen LogP contribution in [0, 0.1) is 6.92 Å². The molecule has 1 heterocycles. The van der Waals surface area contributed by atoms with Gasteiger partial charge in [0.25, 0.3) is 0 Å². The number of ether oxygens (including phenoxy) is 1. The highest BCUT2D eigenvalue weighted by Crippen LogP contribution is 2.34. The Morgan fingerprint density at radius 3 is 2.19 bits per heavy atom. The van der Waals surface area contributed by atoms with Gasteiger partial charge in [-0.3, -0.25) is 4.84 Å². The minimum atomic E-state index is -0.932. The van der Waals surface area contributed by atoms with Crippen LogP contribution in [0.15, 0.2) is 78.9 Å². The van der Waals surface area contributed by atoms with Crippen molar-refractivity contribution < 1.29 is 14.4 Å². The van der Waals surface area contributed by atoms with E-state index in [1.54, 1.807) is 7.11 Å². The first-order valence-corrected chi connectivity index (χ1v) is 9.90. The maximum atomic E-state index is 11.6. The van der Waals surface area contributed by atoms with Gasteiger partial charge in [-0.2, -0.15) is 0 Å². The van der Waals surface area contributed by atoms with Crippen LogP contribution in [-0.4, -0.2) is 23.1 Å². The third kappa shape index (κ3) is 4.43. The first kappa shape index (κ1) is 20.2. The molecule has 6 heteroatoms. The molecular weight excluding hydrogens is 390 g/mol. The predicted molar refractivity (Wildman–Crippen MR) is 120 cm³/mol. The molecule has 2 N–H and O–H groups in total. The van der Waals surface area contributed by atoms with Crippen LogP contribution in [0.4, 0.5) is 4.79 Å². The quantitative estimate of drug-likeness (QED) is 0.500. The second kappa shape index (κ2) is 8.75. The largest absolute Gasteiger partial charge is 0.497 e. The number of methoxy groups -OCH3 is 1. The summed E-state index contributed by atoms with van der Waals surface area (Å²) in [6.45, 7) is 2.03. The molecule has 0 saturated heterocycles. The van der Waals surface area contributed by atoms with Gasteiger partial charge in [0.2, 0.25) is 0 Å². The van der Waals surface area contributed by atoms with Crippen LogP contribution in [0.5, 0.6) is 5.75 Å². The second-order valence-corrected chi connectivity index (χ2v) is 7.22. The fourth-order valence-corrected chi connectivity index (χ4v) is 3.52. The summed E-state index contributed by atoms with van der Waals surface area (Å²) >= 11 is 0. The Hall–Kier alpha value is -4.06. The van der Waals surface area contributed by atoms with Gasteiger partial charge in [0.15, 0.2) is 0 Å². The Morgan fingerprint density at radius 2 is 1.58 bits per heavy atom. The highest BCUT2D eigenvalue weighted by Gasteiger charge is 2.23. The molecule has 4 aromatic rings. The number of aromatic nitrogens is 2. The molecule has 0 aliphatic heterocycles. The Labute approximate surface area is 180 Å². The van der Waals surface area contributed by atoms with Crippen LogP contribution in [0.1, 0.15) is 16.7 Å². The summed E-state index contributed by atoms with van der Waals surface area (Å²) in [6.07, 6.45) is -0.327. The lowest BCUT2D eigenvalue weighted by molar-refractivity contribution is 0.128. The van der Waals surface area contributed by atoms with Crippen LogP contribution in [-0.2, 0) is 6.42 Å². The number of hydrogen-bond donors (Lipinski definition) is 1. The van der Waals surface area contributed by atoms with Gasteiger partial charge in [-0.05, 0) is 36.8 Å². The maximum absolute atomic E-state index is 11.6. The zero-order chi connectivity index (χ0) is 21.8. The van der Waals surface area contributed by atoms with Crippen molar-refractivity contribution in [1.29, 1.82) is 0 Å². The van der Waals surface area contributed by atoms with Gasteiger partial charge < -0.3 is 10.5 Å². The Balaban J connectivity index is 1.94. The van der Waals surface area contributed by atoms with Crippen molar-refractivity contribution >= 4 is 6.09 Å². The van der Waals surface area contributed by atoms with Gasteiger partial charge in [0, 0.05) is 23.1 Å². The number of carbonyl (C=O) groups excluding carboxylic acids is 1. The van der Waals surface area contributed by atoms with E-state index in [4.69, 9.17) is 15.3 Å². The number of aryl methyl sites for hydroxylation is 1. The van der Waals surface area contributed by atoms with Crippen molar-refractivity contribution in [2.75, 3.05) is 7.11 Å². The number of carbonyl (C=O) groups is 1. The van der Waals surface area contributed by atoms with Crippen molar-refractivity contribution in [3.05, 3.63) is 95.6 Å². The topological polar surface area (TPSA) is 79.4 Å². The van der Waals surface area contributed by atoms with Gasteiger partial charge in [-0.25, -0.2) is 4.79 Å². The summed E-state index contributed by atoms with van der Waals surface area (Å²) in [5.41, 5.74) is 11.7. The van der Waals surface area contributed by atoms with Crippen LogP contribution in [0.25, 0.3) is 22.5 Å². The molecule has 0 atom stereocenters. The van der Waals surface area contributed by atoms with Crippen LogP contribution in [0.3, 0.4) is 0 Å². The molecule has 6 nitrogen and oxygen atoms in total. The molecule has 0 saturated carbocycles. The van der Waals surface area contributed by atoms with E-state index in [-0.39, 0.29) is 0 Å². The summed E-state index contributed by atoms with van der Waals surface area (Å²) in [5, 5.41) is 4.63. The molecule has 0 aliphatic carbocycles. The predicted octanol–water partition coefficient (Wildman–Crippen LogP) is 4.63. The minimum Gasteiger partial charge on any atom is -0.497 e. The van der Waals surface area contributed by atoms with Crippen molar-refractivity contribution in [3.63, 3.8) is 0 Å². The van der Waals surface area contributed by atoms with Gasteiger partial charge in [-0.1, -0.05) is 65.0 Å². The van der Waals surface area contributed by atoms with E-state index < -0.39 is 6.09 Å². The number of amides is 1. The van der Waals surface area contributed by atoms with E-state index >= 15 is 0 Å². The lowest BCUT2D eigenvalue weighted by atomic mass is 9.96. The first-order valence-electron chi connectivity index (χ1n) is 9.90. The van der Waals surface area contributed by atoms with Gasteiger partial charge in [-0.15, -0.1) is 5.10 Å². The molecule has 3 aromatic carbocycles. The molecule has 0 unspecified atom stereocenters. The van der Waals surface area contributed by atoms with Crippen molar-refractivity contribution in [2.45, 2.75) is 13.3 Å². The molecule has 156 valence electrons. The summed E-state index contributed by atoms with van der Waals surface area (Å²) in [6, 6.07) is 25.7. The standard InChI is InChI=1S/C25H23N3O3/c1-17-8-10-19(11-9-17)23-22(16-18-6-4-3-5-7-18)24(28(27-23)31-25(26)29)20-12-14-21(30-2)15-13-20/h3-15H,16H2,1-2H3,(H2,26,29). The maximum Gasteiger partial charge on any atom is 0.430 e. The summed E-state index contributed by atoms with van der Waals surface area (Å²) in [7, 11) is 1.62. The zero-order valence-electron chi connectivity index (χ0n) is 17.4. The van der Waals surface area contributed by atoms with Crippen LogP contribution < -0.4 is 15.3 Å². The van der Waals surface area contributed by atoms with E-state index in [9.17, 15) is 4.79 Å². The van der Waals surface area contributed by atoms with E-state index in [1.807, 2.05) is 73.7 Å². The monoisotopic (exact) mass is 413 g/mol. The van der Waals surface area contributed by atoms with Crippen molar-refractivity contribution in [2.24, 2.45) is 5.73 Å². The van der Waals surface area contributed by atoms with Gasteiger partial charge >= 0.3 is 6.09 Å². The highest BCUT2D eigenvalue weighted by atomic mass is 16.7. The molecule has 1 aromatic heterocycles. The van der Waals surface area contributed by atoms with Crippen molar-refractivity contribution in [3.8, 4) is 28.3 Å². The van der Waals surface area contributed by atoms with E-state index in [2.05, 4.69) is 17.2 Å². The smallest absolute Gasteiger partial charge is 0.430 e. The average Bonchev–Trinajstić information content (AvgIpc) is 3.12. The molecule has 0 fully saturated rings. The summed E-state index contributed by atoms with van der Waals surface area (Å²) < 4.78 is 5.28. The summed E-state index contributed by atoms with van der Waals surface area (Å²) in [5.74, 6) is 0.731. The van der Waals surface area contributed by atoms with E-state index in [0.29, 0.717) is 12.1 Å². The lowest BCUT2D eigenvalue weighted by Gasteiger charge is -2.10. The number of primary amides is 1. The van der Waals surface area contributed by atoms with Crippen LogP contribution in [0.2, 0.25) is 0 Å². The van der Waals surface area contributed by atoms with Gasteiger partial charge in [0.1, 0.15) is 17.1 Å². The number of rotatable bonds is 6.